The lowest BCUT2D eigenvalue weighted by Crippen LogP contribution is -2.06. The molecular weight excluding hydrogens is 361 g/mol. The number of fused-ring (bicyclic) bond motifs is 4. The van der Waals surface area contributed by atoms with E-state index in [-0.39, 0.29) is 5.82 Å². The molecule has 0 N–H and O–H groups in total. The van der Waals surface area contributed by atoms with Crippen LogP contribution < -0.4 is 0 Å². The summed E-state index contributed by atoms with van der Waals surface area (Å²) in [5.74, 6) is -0.162. The van der Waals surface area contributed by atoms with Crippen LogP contribution in [0.25, 0.3) is 33.5 Å². The van der Waals surface area contributed by atoms with Crippen molar-refractivity contribution >= 4 is 16.6 Å². The lowest BCUT2D eigenvalue weighted by Gasteiger charge is -2.16. The van der Waals surface area contributed by atoms with Crippen LogP contribution in [0.4, 0.5) is 4.39 Å². The van der Waals surface area contributed by atoms with E-state index in [0.29, 0.717) is 0 Å². The second kappa shape index (κ2) is 6.31. The Morgan fingerprint density at radius 2 is 1.76 bits per heavy atom. The van der Waals surface area contributed by atoms with Crippen LogP contribution in [0.5, 0.6) is 0 Å². The smallest absolute Gasteiger partial charge is 0.137 e. The van der Waals surface area contributed by atoms with Gasteiger partial charge < -0.3 is 8.97 Å². The second-order valence-corrected chi connectivity index (χ2v) is 7.77. The van der Waals surface area contributed by atoms with Gasteiger partial charge in [-0.05, 0) is 73.7 Å². The average molecular weight is 381 g/mol. The van der Waals surface area contributed by atoms with Crippen molar-refractivity contribution in [3.63, 3.8) is 0 Å². The summed E-state index contributed by atoms with van der Waals surface area (Å²) in [5.41, 5.74) is 7.86. The van der Waals surface area contributed by atoms with Gasteiger partial charge in [0.05, 0.1) is 11.2 Å². The Labute approximate surface area is 168 Å². The first-order valence-electron chi connectivity index (χ1n) is 10.1. The molecule has 4 heteroatoms. The van der Waals surface area contributed by atoms with Gasteiger partial charge in [-0.25, -0.2) is 9.37 Å². The minimum atomic E-state index is -0.162. The summed E-state index contributed by atoms with van der Waals surface area (Å²) in [6, 6.07) is 19.7. The summed E-state index contributed by atoms with van der Waals surface area (Å²) in [5, 5.41) is 1.06. The van der Waals surface area contributed by atoms with Gasteiger partial charge in [-0.2, -0.15) is 0 Å². The molecule has 3 heterocycles. The minimum absolute atomic E-state index is 0.162. The highest BCUT2D eigenvalue weighted by atomic mass is 19.1. The lowest BCUT2D eigenvalue weighted by atomic mass is 9.95. The Balaban J connectivity index is 1.48. The third kappa shape index (κ3) is 2.59. The zero-order valence-corrected chi connectivity index (χ0v) is 16.0. The van der Waals surface area contributed by atoms with Gasteiger partial charge in [0, 0.05) is 34.7 Å². The molecule has 0 amide bonds. The first-order chi connectivity index (χ1) is 14.3. The van der Waals surface area contributed by atoms with Gasteiger partial charge >= 0.3 is 0 Å². The Hall–Kier alpha value is -3.40. The molecule has 0 unspecified atom stereocenters. The molecule has 0 radical (unpaired) electrons. The molecule has 0 saturated heterocycles. The summed E-state index contributed by atoms with van der Waals surface area (Å²) in [4.78, 5) is 4.72. The summed E-state index contributed by atoms with van der Waals surface area (Å²) < 4.78 is 18.3. The normalized spacial score (nSPS) is 13.8. The van der Waals surface area contributed by atoms with E-state index in [9.17, 15) is 4.39 Å². The highest BCUT2D eigenvalue weighted by Gasteiger charge is 2.21. The average Bonchev–Trinajstić information content (AvgIpc) is 3.33. The third-order valence-corrected chi connectivity index (χ3v) is 6.02. The van der Waals surface area contributed by atoms with E-state index in [4.69, 9.17) is 4.98 Å². The number of imidazole rings is 1. The number of nitrogens with zero attached hydrogens (tertiary/aromatic N) is 3. The van der Waals surface area contributed by atoms with Gasteiger partial charge in [0.2, 0.25) is 0 Å². The van der Waals surface area contributed by atoms with Gasteiger partial charge in [-0.15, -0.1) is 0 Å². The van der Waals surface area contributed by atoms with E-state index in [1.807, 2.05) is 34.9 Å². The van der Waals surface area contributed by atoms with E-state index < -0.39 is 0 Å². The molecule has 29 heavy (non-hydrogen) atoms. The molecule has 0 fully saturated rings. The van der Waals surface area contributed by atoms with E-state index >= 15 is 0 Å². The molecule has 2 aromatic carbocycles. The van der Waals surface area contributed by atoms with Gasteiger partial charge in [0.1, 0.15) is 11.5 Å². The Morgan fingerprint density at radius 3 is 2.62 bits per heavy atom. The number of aryl methyl sites for hydroxylation is 1. The number of pyridine rings is 1. The number of aromatic nitrogens is 3. The van der Waals surface area contributed by atoms with E-state index in [2.05, 4.69) is 35.0 Å². The van der Waals surface area contributed by atoms with Crippen LogP contribution in [0.15, 0.2) is 73.1 Å². The van der Waals surface area contributed by atoms with Crippen molar-refractivity contribution in [2.24, 2.45) is 0 Å². The van der Waals surface area contributed by atoms with Gasteiger partial charge in [0.15, 0.2) is 0 Å². The van der Waals surface area contributed by atoms with Crippen molar-refractivity contribution in [1.82, 2.24) is 14.0 Å². The van der Waals surface area contributed by atoms with Crippen LogP contribution in [-0.4, -0.2) is 14.0 Å². The van der Waals surface area contributed by atoms with E-state index in [1.165, 1.54) is 24.1 Å². The molecule has 3 nitrogen and oxygen atoms in total. The molecular formula is C25H20FN3. The Morgan fingerprint density at radius 1 is 0.897 bits per heavy atom. The molecule has 6 rings (SSSR count). The standard InChI is InChI=1S/C25H20FN3/c26-18-10-13-24-21(15-18)20-5-1-2-6-23(20)29(24)19-11-8-17(9-12-19)22-16-28-14-4-3-7-25(28)27-22/h3-4,7-16H,1-2,5-6H2. The van der Waals surface area contributed by atoms with Crippen molar-refractivity contribution in [2.45, 2.75) is 25.7 Å². The SMILES string of the molecule is Fc1ccc2c(c1)c1c(n2-c2ccc(-c3cn4ccccc4n3)cc2)CCCC1. The number of hydrogen-bond acceptors (Lipinski definition) is 1. The van der Waals surface area contributed by atoms with E-state index in [0.717, 1.165) is 46.3 Å². The predicted octanol–water partition coefficient (Wildman–Crippen LogP) is 5.96. The molecule has 0 spiro atoms. The number of benzene rings is 2. The van der Waals surface area contributed by atoms with Crippen LogP contribution in [0, 0.1) is 5.82 Å². The van der Waals surface area contributed by atoms with Crippen LogP contribution in [0.1, 0.15) is 24.1 Å². The Kier molecular flexibility index (Phi) is 3.60. The third-order valence-electron chi connectivity index (χ3n) is 6.02. The molecule has 3 aromatic heterocycles. The fourth-order valence-corrected chi connectivity index (χ4v) is 4.67. The summed E-state index contributed by atoms with van der Waals surface area (Å²) in [7, 11) is 0. The maximum Gasteiger partial charge on any atom is 0.137 e. The van der Waals surface area contributed by atoms with Gasteiger partial charge in [-0.3, -0.25) is 0 Å². The first-order valence-corrected chi connectivity index (χ1v) is 10.1. The zero-order valence-electron chi connectivity index (χ0n) is 16.0. The maximum atomic E-state index is 13.9. The van der Waals surface area contributed by atoms with E-state index in [1.54, 1.807) is 12.1 Å². The zero-order chi connectivity index (χ0) is 19.4. The fraction of sp³-hybridized carbons (Fsp3) is 0.160. The highest BCUT2D eigenvalue weighted by Crippen LogP contribution is 2.35. The second-order valence-electron chi connectivity index (χ2n) is 7.77. The van der Waals surface area contributed by atoms with Crippen molar-refractivity contribution < 1.29 is 4.39 Å². The fourth-order valence-electron chi connectivity index (χ4n) is 4.67. The minimum Gasteiger partial charge on any atom is -0.313 e. The van der Waals surface area contributed by atoms with Crippen molar-refractivity contribution in [2.75, 3.05) is 0 Å². The van der Waals surface area contributed by atoms with Crippen LogP contribution in [0.3, 0.4) is 0 Å². The van der Waals surface area contributed by atoms with Crippen LogP contribution in [-0.2, 0) is 12.8 Å². The summed E-state index contributed by atoms with van der Waals surface area (Å²) in [6.45, 7) is 0. The molecule has 0 saturated carbocycles. The van der Waals surface area contributed by atoms with Crippen molar-refractivity contribution in [1.29, 1.82) is 0 Å². The van der Waals surface area contributed by atoms with Crippen LogP contribution in [0.2, 0.25) is 0 Å². The van der Waals surface area contributed by atoms with Gasteiger partial charge in [-0.1, -0.05) is 18.2 Å². The molecule has 5 aromatic rings. The summed E-state index contributed by atoms with van der Waals surface area (Å²) >= 11 is 0. The predicted molar refractivity (Wildman–Crippen MR) is 114 cm³/mol. The van der Waals surface area contributed by atoms with Gasteiger partial charge in [0.25, 0.3) is 0 Å². The van der Waals surface area contributed by atoms with Crippen LogP contribution >= 0.6 is 0 Å². The molecule has 0 atom stereocenters. The summed E-state index contributed by atoms with van der Waals surface area (Å²) in [6.07, 6.45) is 8.50. The quantitative estimate of drug-likeness (QED) is 0.370. The van der Waals surface area contributed by atoms with Crippen molar-refractivity contribution in [3.8, 4) is 16.9 Å². The first kappa shape index (κ1) is 16.5. The number of hydrogen-bond donors (Lipinski definition) is 0. The highest BCUT2D eigenvalue weighted by molar-refractivity contribution is 5.88. The number of rotatable bonds is 2. The molecule has 1 aliphatic rings. The maximum absolute atomic E-state index is 13.9. The molecule has 142 valence electrons. The monoisotopic (exact) mass is 381 g/mol. The Bertz CT molecular complexity index is 1330. The topological polar surface area (TPSA) is 22.2 Å². The molecule has 0 aliphatic heterocycles. The molecule has 0 bridgehead atoms. The van der Waals surface area contributed by atoms with Crippen molar-refractivity contribution in [3.05, 3.63) is 90.1 Å². The largest absolute Gasteiger partial charge is 0.313 e. The lowest BCUT2D eigenvalue weighted by molar-refractivity contribution is 0.629. The molecule has 1 aliphatic carbocycles. The number of halogens is 1.